The molecule has 0 spiro atoms. The number of carbonyl (C=O) groups is 1. The van der Waals surface area contributed by atoms with Crippen LogP contribution in [0.15, 0.2) is 24.3 Å². The van der Waals surface area contributed by atoms with Crippen molar-refractivity contribution in [2.45, 2.75) is 26.4 Å². The first-order valence-corrected chi connectivity index (χ1v) is 7.68. The Hall–Kier alpha value is -1.66. The van der Waals surface area contributed by atoms with E-state index in [2.05, 4.69) is 14.9 Å². The molecule has 21 heavy (non-hydrogen) atoms. The molecule has 1 aromatic carbocycles. The summed E-state index contributed by atoms with van der Waals surface area (Å²) >= 11 is 7.45. The number of aromatic nitrogens is 2. The largest absolute Gasteiger partial charge is 0.331 e. The van der Waals surface area contributed by atoms with E-state index in [1.165, 1.54) is 11.5 Å². The molecule has 2 aromatic rings. The summed E-state index contributed by atoms with van der Waals surface area (Å²) in [5, 5.41) is 7.53. The summed E-state index contributed by atoms with van der Waals surface area (Å²) in [6.07, 6.45) is 0. The summed E-state index contributed by atoms with van der Waals surface area (Å²) < 4.78 is 3.87. The highest BCUT2D eigenvalue weighted by Gasteiger charge is 2.16. The predicted molar refractivity (Wildman–Crippen MR) is 84.5 cm³/mol. The number of hydrogen-bond acceptors (Lipinski definition) is 4. The van der Waals surface area contributed by atoms with Gasteiger partial charge in [0.1, 0.15) is 0 Å². The van der Waals surface area contributed by atoms with Gasteiger partial charge in [-0.2, -0.15) is 0 Å². The molecule has 2 rings (SSSR count). The zero-order valence-corrected chi connectivity index (χ0v) is 13.7. The Kier molecular flexibility index (Phi) is 5.14. The van der Waals surface area contributed by atoms with Crippen molar-refractivity contribution in [2.75, 3.05) is 7.05 Å². The van der Waals surface area contributed by atoms with Crippen LogP contribution in [0.5, 0.6) is 0 Å². The topological polar surface area (TPSA) is 58.1 Å². The summed E-state index contributed by atoms with van der Waals surface area (Å²) in [7, 11) is 1.74. The Morgan fingerprint density at radius 2 is 2.19 bits per heavy atom. The summed E-state index contributed by atoms with van der Waals surface area (Å²) in [6.45, 7) is 4.29. The van der Waals surface area contributed by atoms with Gasteiger partial charge in [-0.15, -0.1) is 5.10 Å². The lowest BCUT2D eigenvalue weighted by molar-refractivity contribution is 0.204. The quantitative estimate of drug-likeness (QED) is 0.937. The average molecular weight is 325 g/mol. The van der Waals surface area contributed by atoms with Crippen LogP contribution in [0.4, 0.5) is 4.79 Å². The van der Waals surface area contributed by atoms with Gasteiger partial charge in [0.2, 0.25) is 0 Å². The van der Waals surface area contributed by atoms with Crippen molar-refractivity contribution < 1.29 is 4.79 Å². The highest BCUT2D eigenvalue weighted by Crippen LogP contribution is 2.22. The first-order chi connectivity index (χ1) is 9.99. The number of nitrogens with one attached hydrogen (secondary N) is 1. The maximum atomic E-state index is 12.2. The Morgan fingerprint density at radius 1 is 1.48 bits per heavy atom. The number of rotatable bonds is 4. The third-order valence-electron chi connectivity index (χ3n) is 3.18. The number of aryl methyl sites for hydroxylation is 1. The van der Waals surface area contributed by atoms with Crippen molar-refractivity contribution in [3.63, 3.8) is 0 Å². The van der Waals surface area contributed by atoms with E-state index in [-0.39, 0.29) is 12.1 Å². The molecule has 0 aliphatic rings. The standard InChI is InChI=1S/C14H17ClN4OS/c1-9(11-6-4-5-7-12(11)15)16-14(20)19(3)8-13-10(2)17-18-21-13/h4-7,9H,8H2,1-3H3,(H,16,20)/t9-/m1/s1. The van der Waals surface area contributed by atoms with Gasteiger partial charge in [0.15, 0.2) is 0 Å². The first kappa shape index (κ1) is 15.7. The minimum absolute atomic E-state index is 0.157. The van der Waals surface area contributed by atoms with E-state index in [9.17, 15) is 4.79 Å². The normalized spacial score (nSPS) is 12.0. The van der Waals surface area contributed by atoms with Crippen molar-refractivity contribution in [1.82, 2.24) is 19.8 Å². The number of benzene rings is 1. The van der Waals surface area contributed by atoms with Gasteiger partial charge in [0.25, 0.3) is 0 Å². The first-order valence-electron chi connectivity index (χ1n) is 6.53. The molecule has 0 saturated heterocycles. The highest BCUT2D eigenvalue weighted by molar-refractivity contribution is 7.05. The van der Waals surface area contributed by atoms with Gasteiger partial charge in [-0.05, 0) is 37.0 Å². The van der Waals surface area contributed by atoms with Gasteiger partial charge >= 0.3 is 6.03 Å². The van der Waals surface area contributed by atoms with E-state index >= 15 is 0 Å². The van der Waals surface area contributed by atoms with Crippen LogP contribution in [-0.4, -0.2) is 27.6 Å². The Balaban J connectivity index is 1.98. The van der Waals surface area contributed by atoms with Gasteiger partial charge in [-0.1, -0.05) is 34.3 Å². The van der Waals surface area contributed by atoms with Crippen molar-refractivity contribution in [3.05, 3.63) is 45.4 Å². The zero-order valence-electron chi connectivity index (χ0n) is 12.1. The molecule has 1 aromatic heterocycles. The molecular weight excluding hydrogens is 308 g/mol. The second kappa shape index (κ2) is 6.87. The molecule has 112 valence electrons. The fraction of sp³-hybridized carbons (Fsp3) is 0.357. The molecular formula is C14H17ClN4OS. The van der Waals surface area contributed by atoms with E-state index in [0.29, 0.717) is 11.6 Å². The molecule has 1 atom stereocenters. The van der Waals surface area contributed by atoms with Gasteiger partial charge in [0.05, 0.1) is 23.2 Å². The van der Waals surface area contributed by atoms with E-state index in [1.807, 2.05) is 38.1 Å². The Labute approximate surface area is 133 Å². The number of urea groups is 1. The average Bonchev–Trinajstić information content (AvgIpc) is 2.84. The van der Waals surface area contributed by atoms with Gasteiger partial charge in [-0.3, -0.25) is 0 Å². The zero-order chi connectivity index (χ0) is 15.4. The predicted octanol–water partition coefficient (Wildman–Crippen LogP) is 3.40. The lowest BCUT2D eigenvalue weighted by atomic mass is 10.1. The van der Waals surface area contributed by atoms with E-state index in [4.69, 9.17) is 11.6 Å². The fourth-order valence-electron chi connectivity index (χ4n) is 1.88. The molecule has 1 heterocycles. The van der Waals surface area contributed by atoms with Crippen LogP contribution in [0.1, 0.15) is 29.1 Å². The third kappa shape index (κ3) is 3.92. The van der Waals surface area contributed by atoms with Crippen LogP contribution >= 0.6 is 23.1 Å². The fourth-order valence-corrected chi connectivity index (χ4v) is 2.87. The molecule has 5 nitrogen and oxygen atoms in total. The minimum atomic E-state index is -0.158. The molecule has 1 N–H and O–H groups in total. The molecule has 0 fully saturated rings. The lowest BCUT2D eigenvalue weighted by Crippen LogP contribution is -2.38. The molecule has 7 heteroatoms. The number of amides is 2. The van der Waals surface area contributed by atoms with E-state index in [0.717, 1.165) is 16.1 Å². The second-order valence-corrected chi connectivity index (χ2v) is 6.08. The third-order valence-corrected chi connectivity index (χ3v) is 4.34. The summed E-state index contributed by atoms with van der Waals surface area (Å²) in [4.78, 5) is 14.8. The molecule has 0 saturated carbocycles. The van der Waals surface area contributed by atoms with Crippen LogP contribution in [-0.2, 0) is 6.54 Å². The summed E-state index contributed by atoms with van der Waals surface area (Å²) in [6, 6.07) is 7.18. The van der Waals surface area contributed by atoms with Gasteiger partial charge < -0.3 is 10.2 Å². The Morgan fingerprint density at radius 3 is 2.81 bits per heavy atom. The van der Waals surface area contributed by atoms with Crippen molar-refractivity contribution in [3.8, 4) is 0 Å². The molecule has 2 amide bonds. The number of hydrogen-bond donors (Lipinski definition) is 1. The van der Waals surface area contributed by atoms with Crippen LogP contribution in [0.25, 0.3) is 0 Å². The van der Waals surface area contributed by atoms with Gasteiger partial charge in [0, 0.05) is 12.1 Å². The van der Waals surface area contributed by atoms with Crippen molar-refractivity contribution in [2.24, 2.45) is 0 Å². The smallest absolute Gasteiger partial charge is 0.317 e. The monoisotopic (exact) mass is 324 g/mol. The second-order valence-electron chi connectivity index (χ2n) is 4.83. The van der Waals surface area contributed by atoms with Crippen LogP contribution in [0.2, 0.25) is 5.02 Å². The maximum absolute atomic E-state index is 12.2. The SMILES string of the molecule is Cc1nnsc1CN(C)C(=O)N[C@H](C)c1ccccc1Cl. The Bertz CT molecular complexity index is 631. The lowest BCUT2D eigenvalue weighted by Gasteiger charge is -2.21. The molecule has 0 aliphatic heterocycles. The molecule has 0 bridgehead atoms. The minimum Gasteiger partial charge on any atom is -0.331 e. The van der Waals surface area contributed by atoms with E-state index < -0.39 is 0 Å². The van der Waals surface area contributed by atoms with E-state index in [1.54, 1.807) is 11.9 Å². The molecule has 0 unspecified atom stereocenters. The maximum Gasteiger partial charge on any atom is 0.317 e. The van der Waals surface area contributed by atoms with Crippen molar-refractivity contribution in [1.29, 1.82) is 0 Å². The van der Waals surface area contributed by atoms with Gasteiger partial charge in [-0.25, -0.2) is 4.79 Å². The van der Waals surface area contributed by atoms with Crippen molar-refractivity contribution >= 4 is 29.2 Å². The van der Waals surface area contributed by atoms with Crippen LogP contribution in [0.3, 0.4) is 0 Å². The summed E-state index contributed by atoms with van der Waals surface area (Å²) in [5.74, 6) is 0. The highest BCUT2D eigenvalue weighted by atomic mass is 35.5. The number of carbonyl (C=O) groups excluding carboxylic acids is 1. The number of nitrogens with zero attached hydrogens (tertiary/aromatic N) is 3. The van der Waals surface area contributed by atoms with Crippen LogP contribution in [0, 0.1) is 6.92 Å². The number of halogens is 1. The molecule has 0 radical (unpaired) electrons. The molecule has 0 aliphatic carbocycles. The summed E-state index contributed by atoms with van der Waals surface area (Å²) in [5.41, 5.74) is 1.76. The van der Waals surface area contributed by atoms with Crippen LogP contribution < -0.4 is 5.32 Å².